The summed E-state index contributed by atoms with van der Waals surface area (Å²) in [4.78, 5) is 0. The zero-order valence-electron chi connectivity index (χ0n) is 16.6. The predicted molar refractivity (Wildman–Crippen MR) is 123 cm³/mol. The van der Waals surface area contributed by atoms with Gasteiger partial charge in [0, 0.05) is 16.8 Å². The molecular weight excluding hydrogens is 350 g/mol. The molecule has 1 fully saturated rings. The lowest BCUT2D eigenvalue weighted by atomic mass is 9.68. The molecule has 0 aromatic heterocycles. The Hall–Kier alpha value is -3.06. The number of rotatable bonds is 2. The minimum atomic E-state index is 0.214. The first kappa shape index (κ1) is 16.9. The minimum Gasteiger partial charge on any atom is -0.355 e. The van der Waals surface area contributed by atoms with E-state index in [0.29, 0.717) is 0 Å². The summed E-state index contributed by atoms with van der Waals surface area (Å²) in [6.45, 7) is 0. The lowest BCUT2D eigenvalue weighted by Gasteiger charge is -2.36. The van der Waals surface area contributed by atoms with E-state index in [1.54, 1.807) is 5.56 Å². The van der Waals surface area contributed by atoms with Gasteiger partial charge in [0.25, 0.3) is 0 Å². The second-order valence-corrected chi connectivity index (χ2v) is 8.64. The van der Waals surface area contributed by atoms with Crippen LogP contribution in [0.15, 0.2) is 84.9 Å². The molecule has 1 heteroatoms. The molecule has 1 nitrogen and oxygen atoms in total. The van der Waals surface area contributed by atoms with E-state index >= 15 is 0 Å². The molecule has 1 N–H and O–H groups in total. The van der Waals surface area contributed by atoms with E-state index in [4.69, 9.17) is 0 Å². The van der Waals surface area contributed by atoms with Crippen molar-refractivity contribution in [2.75, 3.05) is 5.32 Å². The molecule has 4 aromatic carbocycles. The van der Waals surface area contributed by atoms with Gasteiger partial charge in [0.05, 0.1) is 0 Å². The first-order valence-electron chi connectivity index (χ1n) is 10.8. The van der Waals surface area contributed by atoms with Crippen LogP contribution in [0.1, 0.15) is 43.2 Å². The molecular formula is C28H25N. The topological polar surface area (TPSA) is 12.0 Å². The van der Waals surface area contributed by atoms with Crippen LogP contribution in [0.2, 0.25) is 0 Å². The molecule has 0 saturated heterocycles. The Bertz CT molecular complexity index is 1210. The first-order valence-corrected chi connectivity index (χ1v) is 10.8. The van der Waals surface area contributed by atoms with Gasteiger partial charge >= 0.3 is 0 Å². The highest BCUT2D eigenvalue weighted by atomic mass is 14.9. The Morgan fingerprint density at radius 2 is 1.24 bits per heavy atom. The fourth-order valence-corrected chi connectivity index (χ4v) is 5.66. The highest BCUT2D eigenvalue weighted by Crippen LogP contribution is 2.56. The van der Waals surface area contributed by atoms with Crippen molar-refractivity contribution in [3.63, 3.8) is 0 Å². The van der Waals surface area contributed by atoms with Gasteiger partial charge in [-0.25, -0.2) is 0 Å². The van der Waals surface area contributed by atoms with Crippen LogP contribution in [0.5, 0.6) is 0 Å². The smallest absolute Gasteiger partial charge is 0.0390 e. The highest BCUT2D eigenvalue weighted by Gasteiger charge is 2.43. The molecule has 0 atom stereocenters. The first-order chi connectivity index (χ1) is 14.3. The minimum absolute atomic E-state index is 0.214. The highest BCUT2D eigenvalue weighted by molar-refractivity contribution is 5.87. The second-order valence-electron chi connectivity index (χ2n) is 8.64. The van der Waals surface area contributed by atoms with E-state index in [1.165, 1.54) is 65.3 Å². The maximum absolute atomic E-state index is 3.67. The third-order valence-electron chi connectivity index (χ3n) is 7.01. The molecule has 0 radical (unpaired) electrons. The van der Waals surface area contributed by atoms with E-state index in [1.807, 2.05) is 0 Å². The molecule has 1 spiro atoms. The molecule has 4 aromatic rings. The fraction of sp³-hybridized carbons (Fsp3) is 0.214. The SMILES string of the molecule is c1ccc2c(c1)-c1ccc(Nc3ccc4ccccc4c3)cc1C21CCCCC1. The summed E-state index contributed by atoms with van der Waals surface area (Å²) in [5.41, 5.74) is 8.52. The molecule has 1 saturated carbocycles. The van der Waals surface area contributed by atoms with E-state index in [0.717, 1.165) is 5.69 Å². The number of hydrogen-bond donors (Lipinski definition) is 1. The fourth-order valence-electron chi connectivity index (χ4n) is 5.66. The largest absolute Gasteiger partial charge is 0.355 e. The summed E-state index contributed by atoms with van der Waals surface area (Å²) >= 11 is 0. The average Bonchev–Trinajstić information content (AvgIpc) is 3.04. The van der Waals surface area contributed by atoms with Crippen molar-refractivity contribution in [3.05, 3.63) is 96.1 Å². The van der Waals surface area contributed by atoms with Crippen LogP contribution in [0, 0.1) is 0 Å². The van der Waals surface area contributed by atoms with Crippen molar-refractivity contribution in [1.82, 2.24) is 0 Å². The number of nitrogens with one attached hydrogen (secondary N) is 1. The lowest BCUT2D eigenvalue weighted by Crippen LogP contribution is -2.28. The molecule has 2 aliphatic rings. The molecule has 6 rings (SSSR count). The summed E-state index contributed by atoms with van der Waals surface area (Å²) in [5, 5.41) is 6.23. The Morgan fingerprint density at radius 1 is 0.552 bits per heavy atom. The van der Waals surface area contributed by atoms with Crippen LogP contribution in [0.3, 0.4) is 0 Å². The summed E-state index contributed by atoms with van der Waals surface area (Å²) in [6.07, 6.45) is 6.58. The number of fused-ring (bicyclic) bond motifs is 6. The summed E-state index contributed by atoms with van der Waals surface area (Å²) in [5.74, 6) is 0. The summed E-state index contributed by atoms with van der Waals surface area (Å²) in [7, 11) is 0. The summed E-state index contributed by atoms with van der Waals surface area (Å²) < 4.78 is 0. The zero-order chi connectivity index (χ0) is 19.3. The van der Waals surface area contributed by atoms with Gasteiger partial charge in [0.1, 0.15) is 0 Å². The normalized spacial score (nSPS) is 16.6. The maximum Gasteiger partial charge on any atom is 0.0390 e. The van der Waals surface area contributed by atoms with Crippen molar-refractivity contribution < 1.29 is 0 Å². The van der Waals surface area contributed by atoms with Crippen LogP contribution in [0.4, 0.5) is 11.4 Å². The Kier molecular flexibility index (Phi) is 3.77. The molecule has 0 heterocycles. The number of hydrogen-bond acceptors (Lipinski definition) is 1. The van der Waals surface area contributed by atoms with Crippen molar-refractivity contribution in [1.29, 1.82) is 0 Å². The number of benzene rings is 4. The van der Waals surface area contributed by atoms with Gasteiger partial charge in [-0.15, -0.1) is 0 Å². The predicted octanol–water partition coefficient (Wildman–Crippen LogP) is 7.81. The Morgan fingerprint density at radius 3 is 2.14 bits per heavy atom. The third-order valence-corrected chi connectivity index (χ3v) is 7.01. The Balaban J connectivity index is 1.43. The lowest BCUT2D eigenvalue weighted by molar-refractivity contribution is 0.353. The van der Waals surface area contributed by atoms with Crippen LogP contribution >= 0.6 is 0 Å². The average molecular weight is 376 g/mol. The quantitative estimate of drug-likeness (QED) is 0.376. The molecule has 29 heavy (non-hydrogen) atoms. The standard InChI is InChI=1S/C28H25N/c1-6-16-28(17-7-1)26-11-5-4-10-24(26)25-15-14-23(19-27(25)28)29-22-13-12-20-8-2-3-9-21(20)18-22/h2-5,8-15,18-19,29H,1,6-7,16-17H2. The zero-order valence-corrected chi connectivity index (χ0v) is 16.6. The van der Waals surface area contributed by atoms with Gasteiger partial charge in [-0.2, -0.15) is 0 Å². The van der Waals surface area contributed by atoms with E-state index in [2.05, 4.69) is 90.2 Å². The van der Waals surface area contributed by atoms with Gasteiger partial charge in [-0.05, 0) is 70.1 Å². The molecule has 0 bridgehead atoms. The van der Waals surface area contributed by atoms with Gasteiger partial charge < -0.3 is 5.32 Å². The van der Waals surface area contributed by atoms with Gasteiger partial charge in [-0.1, -0.05) is 79.9 Å². The van der Waals surface area contributed by atoms with Crippen LogP contribution in [0.25, 0.3) is 21.9 Å². The van der Waals surface area contributed by atoms with E-state index in [9.17, 15) is 0 Å². The van der Waals surface area contributed by atoms with Crippen LogP contribution in [-0.4, -0.2) is 0 Å². The molecule has 2 aliphatic carbocycles. The van der Waals surface area contributed by atoms with E-state index < -0.39 is 0 Å². The molecule has 0 aliphatic heterocycles. The van der Waals surface area contributed by atoms with E-state index in [-0.39, 0.29) is 5.41 Å². The molecule has 0 unspecified atom stereocenters. The van der Waals surface area contributed by atoms with Crippen LogP contribution in [-0.2, 0) is 5.41 Å². The van der Waals surface area contributed by atoms with Gasteiger partial charge in [0.2, 0.25) is 0 Å². The van der Waals surface area contributed by atoms with Crippen molar-refractivity contribution in [2.45, 2.75) is 37.5 Å². The maximum atomic E-state index is 3.67. The van der Waals surface area contributed by atoms with Gasteiger partial charge in [-0.3, -0.25) is 0 Å². The Labute approximate surface area is 172 Å². The molecule has 142 valence electrons. The van der Waals surface area contributed by atoms with Gasteiger partial charge in [0.15, 0.2) is 0 Å². The van der Waals surface area contributed by atoms with Crippen LogP contribution < -0.4 is 5.32 Å². The molecule has 0 amide bonds. The van der Waals surface area contributed by atoms with Crippen molar-refractivity contribution in [2.24, 2.45) is 0 Å². The number of anilines is 2. The van der Waals surface area contributed by atoms with Crippen molar-refractivity contribution in [3.8, 4) is 11.1 Å². The summed E-state index contributed by atoms with van der Waals surface area (Å²) in [6, 6.07) is 31.3. The third kappa shape index (κ3) is 2.61. The second kappa shape index (κ2) is 6.49. The monoisotopic (exact) mass is 375 g/mol. The van der Waals surface area contributed by atoms with Crippen molar-refractivity contribution >= 4 is 22.1 Å².